The summed E-state index contributed by atoms with van der Waals surface area (Å²) in [5.41, 5.74) is 1.88. The van der Waals surface area contributed by atoms with Crippen molar-refractivity contribution in [3.63, 3.8) is 0 Å². The molecule has 0 saturated heterocycles. The molecule has 1 aromatic carbocycles. The maximum absolute atomic E-state index is 9.76. The molecule has 0 aliphatic rings. The van der Waals surface area contributed by atoms with Crippen LogP contribution in [-0.4, -0.2) is 20.9 Å². The second-order valence-corrected chi connectivity index (χ2v) is 4.87. The number of rotatable bonds is 3. The van der Waals surface area contributed by atoms with E-state index >= 15 is 0 Å². The number of aromatic hydroxyl groups is 2. The summed E-state index contributed by atoms with van der Waals surface area (Å²) in [6.45, 7) is 1.92. The van der Waals surface area contributed by atoms with E-state index in [4.69, 9.17) is 5.84 Å². The second kappa shape index (κ2) is 5.05. The molecular weight excluding hydrogens is 250 g/mol. The minimum atomic E-state index is -0.0499. The molecule has 94 valence electrons. The average molecular weight is 263 g/mol. The largest absolute Gasteiger partial charge is 0.508 e. The molecule has 0 amide bonds. The lowest BCUT2D eigenvalue weighted by Crippen LogP contribution is -2.09. The van der Waals surface area contributed by atoms with Gasteiger partial charge in [0.25, 0.3) is 0 Å². The van der Waals surface area contributed by atoms with Gasteiger partial charge in [-0.15, -0.1) is 11.3 Å². The zero-order valence-electron chi connectivity index (χ0n) is 9.79. The molecule has 2 rings (SSSR count). The lowest BCUT2D eigenvalue weighted by atomic mass is 10.0. The quantitative estimate of drug-likeness (QED) is 0.447. The molecule has 0 unspecified atom stereocenters. The van der Waals surface area contributed by atoms with Crippen LogP contribution in [0, 0.1) is 6.92 Å². The molecule has 0 radical (unpaired) electrons. The summed E-state index contributed by atoms with van der Waals surface area (Å²) >= 11 is 1.55. The van der Waals surface area contributed by atoms with Crippen LogP contribution >= 0.6 is 11.3 Å². The maximum Gasteiger partial charge on any atom is 0.128 e. The first-order valence-electron chi connectivity index (χ1n) is 5.30. The van der Waals surface area contributed by atoms with Gasteiger partial charge in [-0.2, -0.15) is 5.10 Å². The average Bonchev–Trinajstić information content (AvgIpc) is 2.72. The number of hydrazone groups is 1. The highest BCUT2D eigenvalue weighted by Gasteiger charge is 2.12. The monoisotopic (exact) mass is 263 g/mol. The van der Waals surface area contributed by atoms with Crippen molar-refractivity contribution in [3.8, 4) is 11.5 Å². The summed E-state index contributed by atoms with van der Waals surface area (Å²) in [5.74, 6) is 5.30. The number of nitrogens with zero attached hydrogens (tertiary/aromatic N) is 2. The fourth-order valence-corrected chi connectivity index (χ4v) is 2.25. The van der Waals surface area contributed by atoms with Gasteiger partial charge in [-0.1, -0.05) is 0 Å². The third-order valence-electron chi connectivity index (χ3n) is 2.46. The van der Waals surface area contributed by atoms with Gasteiger partial charge in [0.15, 0.2) is 0 Å². The van der Waals surface area contributed by atoms with E-state index in [1.165, 1.54) is 12.1 Å². The summed E-state index contributed by atoms with van der Waals surface area (Å²) in [6.07, 6.45) is 0.444. The molecular formula is C12H13N3O2S. The summed E-state index contributed by atoms with van der Waals surface area (Å²) in [6, 6.07) is 4.31. The molecule has 0 aliphatic heterocycles. The van der Waals surface area contributed by atoms with Crippen LogP contribution in [-0.2, 0) is 6.42 Å². The van der Waals surface area contributed by atoms with Crippen molar-refractivity contribution in [3.05, 3.63) is 39.8 Å². The van der Waals surface area contributed by atoms with Crippen molar-refractivity contribution >= 4 is 17.0 Å². The zero-order valence-corrected chi connectivity index (χ0v) is 10.6. The Hall–Kier alpha value is -2.08. The highest BCUT2D eigenvalue weighted by Crippen LogP contribution is 2.24. The first kappa shape index (κ1) is 12.4. The Morgan fingerprint density at radius 2 is 2.22 bits per heavy atom. The van der Waals surface area contributed by atoms with Crippen molar-refractivity contribution < 1.29 is 10.2 Å². The number of hydrogen-bond acceptors (Lipinski definition) is 6. The van der Waals surface area contributed by atoms with Crippen LogP contribution < -0.4 is 5.84 Å². The van der Waals surface area contributed by atoms with E-state index in [1.54, 1.807) is 17.4 Å². The zero-order chi connectivity index (χ0) is 13.1. The van der Waals surface area contributed by atoms with E-state index in [-0.39, 0.29) is 11.5 Å². The molecule has 4 N–H and O–H groups in total. The van der Waals surface area contributed by atoms with Crippen LogP contribution in [0.2, 0.25) is 0 Å². The van der Waals surface area contributed by atoms with Gasteiger partial charge in [0.1, 0.15) is 11.5 Å². The Morgan fingerprint density at radius 1 is 1.44 bits per heavy atom. The van der Waals surface area contributed by atoms with E-state index in [0.29, 0.717) is 17.7 Å². The number of aromatic nitrogens is 1. The molecule has 0 atom stereocenters. The van der Waals surface area contributed by atoms with Gasteiger partial charge in [0, 0.05) is 23.4 Å². The van der Waals surface area contributed by atoms with E-state index in [9.17, 15) is 10.2 Å². The van der Waals surface area contributed by atoms with Gasteiger partial charge >= 0.3 is 0 Å². The third kappa shape index (κ3) is 2.60. The molecule has 0 aliphatic carbocycles. The normalized spacial score (nSPS) is 11.7. The number of aryl methyl sites for hydroxylation is 1. The highest BCUT2D eigenvalue weighted by molar-refractivity contribution is 7.09. The van der Waals surface area contributed by atoms with Crippen LogP contribution in [0.3, 0.4) is 0 Å². The first-order chi connectivity index (χ1) is 8.60. The SMILES string of the molecule is Cc1nc(CC(=NN)c2ccc(O)cc2O)cs1. The van der Waals surface area contributed by atoms with Crippen molar-refractivity contribution in [1.29, 1.82) is 0 Å². The summed E-state index contributed by atoms with van der Waals surface area (Å²) in [5, 5.41) is 25.6. The minimum absolute atomic E-state index is 0.00266. The number of thiazole rings is 1. The predicted molar refractivity (Wildman–Crippen MR) is 71.1 cm³/mol. The summed E-state index contributed by atoms with van der Waals surface area (Å²) < 4.78 is 0. The number of phenols is 2. The molecule has 0 bridgehead atoms. The fraction of sp³-hybridized carbons (Fsp3) is 0.167. The summed E-state index contributed by atoms with van der Waals surface area (Å²) in [7, 11) is 0. The van der Waals surface area contributed by atoms with Gasteiger partial charge < -0.3 is 16.1 Å². The third-order valence-corrected chi connectivity index (χ3v) is 3.29. The summed E-state index contributed by atoms with van der Waals surface area (Å²) in [4.78, 5) is 4.32. The van der Waals surface area contributed by atoms with Gasteiger partial charge in [-0.25, -0.2) is 4.98 Å². The number of nitrogens with two attached hydrogens (primary N) is 1. The molecule has 0 spiro atoms. The highest BCUT2D eigenvalue weighted by atomic mass is 32.1. The van der Waals surface area contributed by atoms with Gasteiger partial charge in [0.2, 0.25) is 0 Å². The Balaban J connectivity index is 2.29. The van der Waals surface area contributed by atoms with Gasteiger partial charge in [0.05, 0.1) is 16.4 Å². The lowest BCUT2D eigenvalue weighted by molar-refractivity contribution is 0.450. The minimum Gasteiger partial charge on any atom is -0.508 e. The van der Waals surface area contributed by atoms with Crippen molar-refractivity contribution in [2.45, 2.75) is 13.3 Å². The van der Waals surface area contributed by atoms with Crippen molar-refractivity contribution in [1.82, 2.24) is 4.98 Å². The Labute approximate surface area is 108 Å². The molecule has 5 nitrogen and oxygen atoms in total. The topological polar surface area (TPSA) is 91.7 Å². The second-order valence-electron chi connectivity index (χ2n) is 3.81. The predicted octanol–water partition coefficient (Wildman–Crippen LogP) is 1.77. The Morgan fingerprint density at radius 3 is 2.78 bits per heavy atom. The fourth-order valence-electron chi connectivity index (χ4n) is 1.64. The lowest BCUT2D eigenvalue weighted by Gasteiger charge is -2.06. The molecule has 1 heterocycles. The first-order valence-corrected chi connectivity index (χ1v) is 6.18. The Bertz CT molecular complexity index is 593. The van der Waals surface area contributed by atoms with Crippen LogP contribution in [0.25, 0.3) is 0 Å². The number of phenolic OH excluding ortho intramolecular Hbond substituents is 2. The van der Waals surface area contributed by atoms with E-state index in [2.05, 4.69) is 10.1 Å². The standard InChI is InChI=1S/C12H13N3O2S/c1-7-14-8(6-18-7)4-11(15-13)10-3-2-9(16)5-12(10)17/h2-3,5-6,16-17H,4,13H2,1H3. The van der Waals surface area contributed by atoms with Crippen LogP contribution in [0.15, 0.2) is 28.7 Å². The maximum atomic E-state index is 9.76. The van der Waals surface area contributed by atoms with E-state index in [1.807, 2.05) is 12.3 Å². The van der Waals surface area contributed by atoms with Crippen LogP contribution in [0.1, 0.15) is 16.3 Å². The van der Waals surface area contributed by atoms with Gasteiger partial charge in [-0.05, 0) is 19.1 Å². The van der Waals surface area contributed by atoms with Crippen LogP contribution in [0.5, 0.6) is 11.5 Å². The molecule has 2 aromatic rings. The van der Waals surface area contributed by atoms with E-state index < -0.39 is 0 Å². The number of hydrogen-bond donors (Lipinski definition) is 3. The molecule has 18 heavy (non-hydrogen) atoms. The number of benzene rings is 1. The van der Waals surface area contributed by atoms with E-state index in [0.717, 1.165) is 10.7 Å². The smallest absolute Gasteiger partial charge is 0.128 e. The van der Waals surface area contributed by atoms with Gasteiger partial charge in [-0.3, -0.25) is 0 Å². The van der Waals surface area contributed by atoms with Crippen molar-refractivity contribution in [2.24, 2.45) is 10.9 Å². The molecule has 0 saturated carbocycles. The Kier molecular flexibility index (Phi) is 3.47. The molecule has 0 fully saturated rings. The molecule has 6 heteroatoms. The van der Waals surface area contributed by atoms with Crippen LogP contribution in [0.4, 0.5) is 0 Å². The molecule has 1 aromatic heterocycles. The van der Waals surface area contributed by atoms with Crippen molar-refractivity contribution in [2.75, 3.05) is 0 Å².